The smallest absolute Gasteiger partial charge is 0.150 e. The quantitative estimate of drug-likeness (QED) is 0.791. The standard InChI is InChI=1S/C12H9BrO2S/c1-8-11(4-5-15-8)16-12-3-2-9(7-14)6-10(12)13/h2-7H,1H3. The number of rotatable bonds is 3. The summed E-state index contributed by atoms with van der Waals surface area (Å²) < 4.78 is 6.15. The lowest BCUT2D eigenvalue weighted by molar-refractivity contribution is 0.112. The van der Waals surface area contributed by atoms with Crippen LogP contribution >= 0.6 is 27.7 Å². The number of halogens is 1. The molecule has 0 bridgehead atoms. The molecule has 1 heterocycles. The number of carbonyl (C=O) groups is 1. The van der Waals surface area contributed by atoms with Crippen LogP contribution in [0.25, 0.3) is 0 Å². The Hall–Kier alpha value is -1.00. The summed E-state index contributed by atoms with van der Waals surface area (Å²) in [6.07, 6.45) is 2.51. The molecular formula is C12H9BrO2S. The summed E-state index contributed by atoms with van der Waals surface area (Å²) in [5, 5.41) is 0. The summed E-state index contributed by atoms with van der Waals surface area (Å²) in [6, 6.07) is 7.46. The number of benzene rings is 1. The van der Waals surface area contributed by atoms with E-state index in [1.165, 1.54) is 0 Å². The van der Waals surface area contributed by atoms with Crippen LogP contribution in [0.5, 0.6) is 0 Å². The molecule has 0 spiro atoms. The minimum Gasteiger partial charge on any atom is -0.468 e. The van der Waals surface area contributed by atoms with Gasteiger partial charge in [0, 0.05) is 14.9 Å². The summed E-state index contributed by atoms with van der Waals surface area (Å²) in [4.78, 5) is 12.7. The fourth-order valence-corrected chi connectivity index (χ4v) is 2.76. The van der Waals surface area contributed by atoms with Crippen LogP contribution in [0, 0.1) is 6.92 Å². The minimum atomic E-state index is 0.667. The van der Waals surface area contributed by atoms with Crippen LogP contribution in [0.2, 0.25) is 0 Å². The van der Waals surface area contributed by atoms with Crippen LogP contribution in [0.3, 0.4) is 0 Å². The van der Waals surface area contributed by atoms with Crippen molar-refractivity contribution >= 4 is 34.0 Å². The lowest BCUT2D eigenvalue weighted by atomic mass is 10.2. The van der Waals surface area contributed by atoms with Crippen molar-refractivity contribution in [2.24, 2.45) is 0 Å². The second-order valence-electron chi connectivity index (χ2n) is 3.25. The maximum atomic E-state index is 10.6. The normalized spacial score (nSPS) is 10.4. The number of aldehydes is 1. The molecule has 0 aliphatic carbocycles. The van der Waals surface area contributed by atoms with Crippen LogP contribution in [0.15, 0.2) is 49.2 Å². The van der Waals surface area contributed by atoms with Crippen LogP contribution < -0.4 is 0 Å². The van der Waals surface area contributed by atoms with E-state index in [4.69, 9.17) is 4.42 Å². The molecule has 0 atom stereocenters. The first-order chi connectivity index (χ1) is 7.70. The van der Waals surface area contributed by atoms with Crippen molar-refractivity contribution in [3.63, 3.8) is 0 Å². The van der Waals surface area contributed by atoms with E-state index in [9.17, 15) is 4.79 Å². The predicted molar refractivity (Wildman–Crippen MR) is 67.1 cm³/mol. The average Bonchev–Trinajstić information content (AvgIpc) is 2.67. The Balaban J connectivity index is 2.29. The third-order valence-electron chi connectivity index (χ3n) is 2.12. The second kappa shape index (κ2) is 4.89. The number of aryl methyl sites for hydroxylation is 1. The zero-order valence-corrected chi connectivity index (χ0v) is 11.0. The fourth-order valence-electron chi connectivity index (χ4n) is 1.27. The molecule has 0 aliphatic heterocycles. The lowest BCUT2D eigenvalue weighted by Crippen LogP contribution is -1.82. The Labute approximate surface area is 106 Å². The lowest BCUT2D eigenvalue weighted by Gasteiger charge is -2.03. The highest BCUT2D eigenvalue weighted by atomic mass is 79.9. The summed E-state index contributed by atoms with van der Waals surface area (Å²) in [6.45, 7) is 1.93. The zero-order chi connectivity index (χ0) is 11.5. The van der Waals surface area contributed by atoms with Gasteiger partial charge in [-0.15, -0.1) is 0 Å². The number of hydrogen-bond acceptors (Lipinski definition) is 3. The molecule has 82 valence electrons. The van der Waals surface area contributed by atoms with Crippen molar-refractivity contribution in [1.82, 2.24) is 0 Å². The van der Waals surface area contributed by atoms with Gasteiger partial charge in [0.1, 0.15) is 12.0 Å². The molecule has 16 heavy (non-hydrogen) atoms. The first-order valence-corrected chi connectivity index (χ1v) is 6.28. The number of furan rings is 1. The van der Waals surface area contributed by atoms with Gasteiger partial charge in [-0.1, -0.05) is 17.8 Å². The van der Waals surface area contributed by atoms with E-state index in [1.807, 2.05) is 25.1 Å². The van der Waals surface area contributed by atoms with Gasteiger partial charge >= 0.3 is 0 Å². The van der Waals surface area contributed by atoms with Gasteiger partial charge < -0.3 is 4.42 Å². The van der Waals surface area contributed by atoms with Crippen LogP contribution in [-0.2, 0) is 0 Å². The zero-order valence-electron chi connectivity index (χ0n) is 8.57. The molecule has 0 unspecified atom stereocenters. The molecule has 2 rings (SSSR count). The summed E-state index contributed by atoms with van der Waals surface area (Å²) in [5.74, 6) is 0.899. The SMILES string of the molecule is Cc1occc1Sc1ccc(C=O)cc1Br. The largest absolute Gasteiger partial charge is 0.468 e. The van der Waals surface area contributed by atoms with E-state index in [1.54, 1.807) is 24.1 Å². The van der Waals surface area contributed by atoms with Crippen LogP contribution in [0.1, 0.15) is 16.1 Å². The highest BCUT2D eigenvalue weighted by molar-refractivity contribution is 9.10. The monoisotopic (exact) mass is 296 g/mol. The third-order valence-corrected chi connectivity index (χ3v) is 4.26. The van der Waals surface area contributed by atoms with Crippen molar-refractivity contribution in [1.29, 1.82) is 0 Å². The molecule has 4 heteroatoms. The van der Waals surface area contributed by atoms with Gasteiger partial charge in [-0.2, -0.15) is 0 Å². The molecule has 1 aromatic carbocycles. The maximum Gasteiger partial charge on any atom is 0.150 e. The Kier molecular flexibility index (Phi) is 3.51. The van der Waals surface area contributed by atoms with Gasteiger partial charge in [-0.05, 0) is 41.1 Å². The Morgan fingerprint density at radius 3 is 2.69 bits per heavy atom. The van der Waals surface area contributed by atoms with E-state index in [0.717, 1.165) is 26.3 Å². The van der Waals surface area contributed by atoms with Crippen LogP contribution in [0.4, 0.5) is 0 Å². The van der Waals surface area contributed by atoms with Crippen molar-refractivity contribution in [3.8, 4) is 0 Å². The Bertz CT molecular complexity index is 519. The summed E-state index contributed by atoms with van der Waals surface area (Å²) in [7, 11) is 0. The van der Waals surface area contributed by atoms with Gasteiger partial charge in [0.15, 0.2) is 0 Å². The summed E-state index contributed by atoms with van der Waals surface area (Å²) >= 11 is 5.06. The average molecular weight is 297 g/mol. The molecule has 1 aromatic heterocycles. The van der Waals surface area contributed by atoms with E-state index >= 15 is 0 Å². The Morgan fingerprint density at radius 1 is 1.31 bits per heavy atom. The van der Waals surface area contributed by atoms with Gasteiger partial charge in [-0.25, -0.2) is 0 Å². The van der Waals surface area contributed by atoms with E-state index in [2.05, 4.69) is 15.9 Å². The topological polar surface area (TPSA) is 30.2 Å². The van der Waals surface area contributed by atoms with Gasteiger partial charge in [-0.3, -0.25) is 4.79 Å². The van der Waals surface area contributed by atoms with E-state index in [-0.39, 0.29) is 0 Å². The molecule has 0 N–H and O–H groups in total. The van der Waals surface area contributed by atoms with Gasteiger partial charge in [0.05, 0.1) is 11.2 Å². The Morgan fingerprint density at radius 2 is 2.12 bits per heavy atom. The summed E-state index contributed by atoms with van der Waals surface area (Å²) in [5.41, 5.74) is 0.667. The minimum absolute atomic E-state index is 0.667. The predicted octanol–water partition coefficient (Wildman–Crippen LogP) is 4.31. The third kappa shape index (κ3) is 2.39. The van der Waals surface area contributed by atoms with Crippen molar-refractivity contribution < 1.29 is 9.21 Å². The maximum absolute atomic E-state index is 10.6. The molecule has 0 aliphatic rings. The van der Waals surface area contributed by atoms with Crippen molar-refractivity contribution in [2.75, 3.05) is 0 Å². The van der Waals surface area contributed by atoms with E-state index in [0.29, 0.717) is 5.56 Å². The molecular weight excluding hydrogens is 288 g/mol. The van der Waals surface area contributed by atoms with E-state index < -0.39 is 0 Å². The fraction of sp³-hybridized carbons (Fsp3) is 0.0833. The molecule has 0 saturated carbocycles. The van der Waals surface area contributed by atoms with Crippen LogP contribution in [-0.4, -0.2) is 6.29 Å². The van der Waals surface area contributed by atoms with Gasteiger partial charge in [0.2, 0.25) is 0 Å². The molecule has 0 radical (unpaired) electrons. The molecule has 0 saturated heterocycles. The number of carbonyl (C=O) groups excluding carboxylic acids is 1. The highest BCUT2D eigenvalue weighted by Gasteiger charge is 2.07. The first-order valence-electron chi connectivity index (χ1n) is 4.67. The van der Waals surface area contributed by atoms with Gasteiger partial charge in [0.25, 0.3) is 0 Å². The number of hydrogen-bond donors (Lipinski definition) is 0. The molecule has 0 amide bonds. The highest BCUT2D eigenvalue weighted by Crippen LogP contribution is 2.35. The molecule has 0 fully saturated rings. The first kappa shape index (κ1) is 11.5. The van der Waals surface area contributed by atoms with Crippen molar-refractivity contribution in [3.05, 3.63) is 46.3 Å². The van der Waals surface area contributed by atoms with Crippen molar-refractivity contribution in [2.45, 2.75) is 16.7 Å². The molecule has 2 nitrogen and oxygen atoms in total. The molecule has 2 aromatic rings. The second-order valence-corrected chi connectivity index (χ2v) is 5.19.